The van der Waals surface area contributed by atoms with Crippen molar-refractivity contribution in [3.8, 4) is 5.75 Å². The van der Waals surface area contributed by atoms with E-state index < -0.39 is 22.0 Å². The van der Waals surface area contributed by atoms with E-state index in [9.17, 15) is 13.2 Å². The van der Waals surface area contributed by atoms with E-state index in [0.29, 0.717) is 6.61 Å². The molecule has 1 aromatic carbocycles. The van der Waals surface area contributed by atoms with Crippen LogP contribution in [-0.4, -0.2) is 44.9 Å². The van der Waals surface area contributed by atoms with Gasteiger partial charge in [0.1, 0.15) is 23.3 Å². The summed E-state index contributed by atoms with van der Waals surface area (Å²) < 4.78 is 38.1. The van der Waals surface area contributed by atoms with Crippen molar-refractivity contribution < 1.29 is 27.8 Å². The summed E-state index contributed by atoms with van der Waals surface area (Å²) in [5.41, 5.74) is 0. The molecule has 0 aromatic heterocycles. The van der Waals surface area contributed by atoms with Crippen LogP contribution in [-0.2, 0) is 19.6 Å². The zero-order valence-corrected chi connectivity index (χ0v) is 14.8. The topological polar surface area (TPSA) is 102 Å². The van der Waals surface area contributed by atoms with Crippen LogP contribution in [0.15, 0.2) is 23.1 Å². The molecule has 1 saturated heterocycles. The Bertz CT molecular complexity index is 687. The number of hydrogen-bond donors (Lipinski definition) is 2. The fourth-order valence-corrected chi connectivity index (χ4v) is 3.88. The summed E-state index contributed by atoms with van der Waals surface area (Å²) >= 11 is 5.88. The quantitative estimate of drug-likeness (QED) is 0.753. The summed E-state index contributed by atoms with van der Waals surface area (Å²) in [7, 11) is -4.09. The Morgan fingerprint density at radius 2 is 2.25 bits per heavy atom. The number of benzene rings is 1. The lowest BCUT2D eigenvalue weighted by molar-refractivity contribution is -0.138. The van der Waals surface area contributed by atoms with Crippen LogP contribution >= 0.6 is 11.6 Å². The normalized spacial score (nSPS) is 19.7. The molecule has 1 unspecified atom stereocenters. The second kappa shape index (κ2) is 8.15. The number of halogens is 1. The minimum Gasteiger partial charge on any atom is -0.489 e. The summed E-state index contributed by atoms with van der Waals surface area (Å²) in [6, 6.07) is 2.92. The number of nitrogens with one attached hydrogen (secondary N) is 1. The molecule has 1 heterocycles. The first-order chi connectivity index (χ1) is 11.3. The lowest BCUT2D eigenvalue weighted by Crippen LogP contribution is -2.38. The molecule has 1 fully saturated rings. The third kappa shape index (κ3) is 5.07. The number of ether oxygens (including phenoxy) is 2. The van der Waals surface area contributed by atoms with Gasteiger partial charge in [0.2, 0.25) is 10.0 Å². The second-order valence-electron chi connectivity index (χ2n) is 5.57. The summed E-state index contributed by atoms with van der Waals surface area (Å²) in [6.45, 7) is 2.12. The number of carboxylic acid groups (broad SMARTS) is 1. The molecule has 2 atom stereocenters. The van der Waals surface area contributed by atoms with Crippen molar-refractivity contribution in [2.24, 2.45) is 0 Å². The van der Waals surface area contributed by atoms with Crippen molar-refractivity contribution in [2.45, 2.75) is 43.2 Å². The number of rotatable bonds is 7. The Labute approximate surface area is 146 Å². The van der Waals surface area contributed by atoms with Gasteiger partial charge >= 0.3 is 5.97 Å². The third-order valence-electron chi connectivity index (χ3n) is 3.60. The van der Waals surface area contributed by atoms with Gasteiger partial charge in [-0.15, -0.1) is 0 Å². The van der Waals surface area contributed by atoms with Crippen LogP contribution in [0.3, 0.4) is 0 Å². The summed E-state index contributed by atoms with van der Waals surface area (Å²) in [5.74, 6) is -1.17. The molecule has 1 aromatic rings. The lowest BCUT2D eigenvalue weighted by Gasteiger charge is -2.23. The van der Waals surface area contributed by atoms with Crippen LogP contribution < -0.4 is 9.46 Å². The predicted octanol–water partition coefficient (Wildman–Crippen LogP) is 2.04. The van der Waals surface area contributed by atoms with Gasteiger partial charge in [0.15, 0.2) is 0 Å². The van der Waals surface area contributed by atoms with Gasteiger partial charge in [-0.2, -0.15) is 4.72 Å². The minimum absolute atomic E-state index is 0.0871. The Hall–Kier alpha value is -1.35. The molecule has 0 saturated carbocycles. The first-order valence-corrected chi connectivity index (χ1v) is 9.45. The van der Waals surface area contributed by atoms with E-state index >= 15 is 0 Å². The maximum Gasteiger partial charge on any atom is 0.321 e. The van der Waals surface area contributed by atoms with Crippen LogP contribution in [0.5, 0.6) is 5.75 Å². The van der Waals surface area contributed by atoms with Crippen molar-refractivity contribution in [1.29, 1.82) is 0 Å². The van der Waals surface area contributed by atoms with Crippen molar-refractivity contribution in [2.75, 3.05) is 13.2 Å². The van der Waals surface area contributed by atoms with Gasteiger partial charge in [-0.1, -0.05) is 11.6 Å². The number of sulfonamides is 1. The van der Waals surface area contributed by atoms with Gasteiger partial charge in [0.25, 0.3) is 0 Å². The Balaban J connectivity index is 2.18. The van der Waals surface area contributed by atoms with E-state index in [-0.39, 0.29) is 28.4 Å². The van der Waals surface area contributed by atoms with Gasteiger partial charge in [0, 0.05) is 11.6 Å². The fourth-order valence-electron chi connectivity index (χ4n) is 2.28. The molecule has 0 aliphatic carbocycles. The lowest BCUT2D eigenvalue weighted by atomic mass is 10.1. The van der Waals surface area contributed by atoms with Crippen LogP contribution in [0.25, 0.3) is 0 Å². The fraction of sp³-hybridized carbons (Fsp3) is 0.533. The van der Waals surface area contributed by atoms with E-state index in [2.05, 4.69) is 4.72 Å². The molecule has 0 spiro atoms. The van der Waals surface area contributed by atoms with Crippen LogP contribution in [0.2, 0.25) is 5.02 Å². The molecule has 1 aliphatic rings. The Morgan fingerprint density at radius 3 is 2.88 bits per heavy atom. The molecular weight excluding hydrogens is 358 g/mol. The zero-order chi connectivity index (χ0) is 17.7. The Morgan fingerprint density at radius 1 is 1.50 bits per heavy atom. The Kier molecular flexibility index (Phi) is 6.45. The first kappa shape index (κ1) is 19.0. The van der Waals surface area contributed by atoms with Crippen LogP contribution in [0.4, 0.5) is 0 Å². The molecule has 2 rings (SSSR count). The van der Waals surface area contributed by atoms with E-state index in [0.717, 1.165) is 19.3 Å². The van der Waals surface area contributed by atoms with Crippen molar-refractivity contribution in [1.82, 2.24) is 4.72 Å². The number of hydrogen-bond acceptors (Lipinski definition) is 5. The average molecular weight is 378 g/mol. The maximum absolute atomic E-state index is 12.4. The molecule has 0 amide bonds. The summed E-state index contributed by atoms with van der Waals surface area (Å²) in [5, 5.41) is 9.10. The molecule has 24 heavy (non-hydrogen) atoms. The highest BCUT2D eigenvalue weighted by Crippen LogP contribution is 2.28. The molecule has 9 heteroatoms. The first-order valence-electron chi connectivity index (χ1n) is 7.58. The van der Waals surface area contributed by atoms with Gasteiger partial charge < -0.3 is 14.6 Å². The highest BCUT2D eigenvalue weighted by atomic mass is 35.5. The van der Waals surface area contributed by atoms with Gasteiger partial charge in [-0.3, -0.25) is 4.79 Å². The highest BCUT2D eigenvalue weighted by molar-refractivity contribution is 7.89. The van der Waals surface area contributed by atoms with E-state index in [1.54, 1.807) is 0 Å². The molecular formula is C15H20ClNO6S. The average Bonchev–Trinajstić information content (AvgIpc) is 2.54. The largest absolute Gasteiger partial charge is 0.489 e. The third-order valence-corrected chi connectivity index (χ3v) is 5.39. The minimum atomic E-state index is -4.09. The molecule has 2 N–H and O–H groups in total. The van der Waals surface area contributed by atoms with Crippen molar-refractivity contribution in [3.05, 3.63) is 23.2 Å². The van der Waals surface area contributed by atoms with Gasteiger partial charge in [0.05, 0.1) is 6.10 Å². The molecule has 0 bridgehead atoms. The van der Waals surface area contributed by atoms with Crippen molar-refractivity contribution in [3.63, 3.8) is 0 Å². The zero-order valence-electron chi connectivity index (χ0n) is 13.2. The van der Waals surface area contributed by atoms with Crippen molar-refractivity contribution >= 4 is 27.6 Å². The molecule has 7 nitrogen and oxygen atoms in total. The van der Waals surface area contributed by atoms with Gasteiger partial charge in [-0.25, -0.2) is 8.42 Å². The number of aliphatic carboxylic acids is 1. The van der Waals surface area contributed by atoms with Crippen LogP contribution in [0, 0.1) is 0 Å². The smallest absolute Gasteiger partial charge is 0.321 e. The maximum atomic E-state index is 12.4. The SMILES string of the molecule is C[C@@H](NS(=O)(=O)c1cc(Cl)ccc1OCC1CCCCO1)C(=O)O. The van der Waals surface area contributed by atoms with E-state index in [1.165, 1.54) is 25.1 Å². The van der Waals surface area contributed by atoms with Gasteiger partial charge in [-0.05, 0) is 44.4 Å². The molecule has 134 valence electrons. The standard InChI is InChI=1S/C15H20ClNO6S/c1-10(15(18)19)17-24(20,21)14-8-11(16)5-6-13(14)23-9-12-4-2-3-7-22-12/h5-6,8,10,12,17H,2-4,7,9H2,1H3,(H,18,19)/t10-,12?/m1/s1. The molecule has 1 aliphatic heterocycles. The number of carboxylic acids is 1. The number of carbonyl (C=O) groups is 1. The monoisotopic (exact) mass is 377 g/mol. The van der Waals surface area contributed by atoms with E-state index in [1.807, 2.05) is 0 Å². The highest BCUT2D eigenvalue weighted by Gasteiger charge is 2.26. The predicted molar refractivity (Wildman–Crippen MR) is 88.0 cm³/mol. The summed E-state index contributed by atoms with van der Waals surface area (Å²) in [6.07, 6.45) is 2.81. The summed E-state index contributed by atoms with van der Waals surface area (Å²) in [4.78, 5) is 10.7. The second-order valence-corrected chi connectivity index (χ2v) is 7.69. The van der Waals surface area contributed by atoms with E-state index in [4.69, 9.17) is 26.2 Å². The van der Waals surface area contributed by atoms with Crippen LogP contribution in [0.1, 0.15) is 26.2 Å². The molecule has 0 radical (unpaired) electrons.